The SMILES string of the molecule is COCC(C)COc1cc[c]cc1. The second-order valence-corrected chi connectivity index (χ2v) is 3.11. The molecular weight excluding hydrogens is 164 g/mol. The topological polar surface area (TPSA) is 18.5 Å². The third-order valence-corrected chi connectivity index (χ3v) is 1.67. The van der Waals surface area contributed by atoms with Crippen LogP contribution in [0, 0.1) is 12.0 Å². The number of hydrogen-bond donors (Lipinski definition) is 0. The molecule has 0 aromatic heterocycles. The lowest BCUT2D eigenvalue weighted by atomic mass is 10.2. The zero-order valence-electron chi connectivity index (χ0n) is 8.12. The van der Waals surface area contributed by atoms with E-state index < -0.39 is 0 Å². The van der Waals surface area contributed by atoms with E-state index in [1.807, 2.05) is 24.3 Å². The molecule has 0 amide bonds. The normalized spacial score (nSPS) is 12.5. The van der Waals surface area contributed by atoms with E-state index in [1.54, 1.807) is 7.11 Å². The predicted octanol–water partition coefficient (Wildman–Crippen LogP) is 2.15. The quantitative estimate of drug-likeness (QED) is 0.689. The number of rotatable bonds is 5. The minimum absolute atomic E-state index is 0.425. The van der Waals surface area contributed by atoms with E-state index in [0.717, 1.165) is 12.4 Å². The molecule has 0 N–H and O–H groups in total. The smallest absolute Gasteiger partial charge is 0.119 e. The summed E-state index contributed by atoms with van der Waals surface area (Å²) in [5.74, 6) is 1.32. The third kappa shape index (κ3) is 3.95. The molecule has 13 heavy (non-hydrogen) atoms. The first-order valence-corrected chi connectivity index (χ1v) is 4.40. The molecule has 0 saturated carbocycles. The van der Waals surface area contributed by atoms with Gasteiger partial charge in [0.1, 0.15) is 5.75 Å². The van der Waals surface area contributed by atoms with Crippen LogP contribution < -0.4 is 4.74 Å². The van der Waals surface area contributed by atoms with Crippen molar-refractivity contribution in [1.29, 1.82) is 0 Å². The van der Waals surface area contributed by atoms with Gasteiger partial charge in [0.15, 0.2) is 0 Å². The number of ether oxygens (including phenoxy) is 2. The van der Waals surface area contributed by atoms with Crippen molar-refractivity contribution in [2.45, 2.75) is 6.92 Å². The molecule has 0 heterocycles. The largest absolute Gasteiger partial charge is 0.493 e. The molecule has 2 heteroatoms. The molecular formula is C11H15O2. The van der Waals surface area contributed by atoms with Crippen LogP contribution in [-0.2, 0) is 4.74 Å². The summed E-state index contributed by atoms with van der Waals surface area (Å²) in [6.07, 6.45) is 0. The summed E-state index contributed by atoms with van der Waals surface area (Å²) >= 11 is 0. The zero-order valence-corrected chi connectivity index (χ0v) is 8.12. The van der Waals surface area contributed by atoms with Crippen molar-refractivity contribution in [3.8, 4) is 5.75 Å². The van der Waals surface area contributed by atoms with E-state index in [4.69, 9.17) is 9.47 Å². The van der Waals surface area contributed by atoms with Crippen molar-refractivity contribution < 1.29 is 9.47 Å². The first kappa shape index (κ1) is 10.1. The number of benzene rings is 1. The maximum absolute atomic E-state index is 5.52. The molecule has 1 rings (SSSR count). The second kappa shape index (κ2) is 5.60. The first-order chi connectivity index (χ1) is 6.33. The van der Waals surface area contributed by atoms with Crippen LogP contribution >= 0.6 is 0 Å². The number of hydrogen-bond acceptors (Lipinski definition) is 2. The highest BCUT2D eigenvalue weighted by Crippen LogP contribution is 2.09. The molecule has 1 radical (unpaired) electrons. The van der Waals surface area contributed by atoms with Gasteiger partial charge in [-0.2, -0.15) is 0 Å². The van der Waals surface area contributed by atoms with Crippen LogP contribution in [0.4, 0.5) is 0 Å². The van der Waals surface area contributed by atoms with Crippen LogP contribution in [0.15, 0.2) is 24.3 Å². The second-order valence-electron chi connectivity index (χ2n) is 3.11. The Morgan fingerprint density at radius 1 is 1.31 bits per heavy atom. The van der Waals surface area contributed by atoms with Crippen molar-refractivity contribution in [3.05, 3.63) is 30.3 Å². The van der Waals surface area contributed by atoms with Gasteiger partial charge < -0.3 is 9.47 Å². The lowest BCUT2D eigenvalue weighted by Gasteiger charge is -2.11. The van der Waals surface area contributed by atoms with Gasteiger partial charge in [0.05, 0.1) is 13.2 Å². The van der Waals surface area contributed by atoms with Crippen molar-refractivity contribution in [3.63, 3.8) is 0 Å². The number of methoxy groups -OCH3 is 1. The highest BCUT2D eigenvalue weighted by atomic mass is 16.5. The Morgan fingerprint density at radius 2 is 2.00 bits per heavy atom. The molecule has 1 unspecified atom stereocenters. The average Bonchev–Trinajstić information content (AvgIpc) is 2.17. The lowest BCUT2D eigenvalue weighted by Crippen LogP contribution is -2.13. The maximum Gasteiger partial charge on any atom is 0.119 e. The van der Waals surface area contributed by atoms with Crippen molar-refractivity contribution >= 4 is 0 Å². The molecule has 71 valence electrons. The minimum Gasteiger partial charge on any atom is -0.493 e. The summed E-state index contributed by atoms with van der Waals surface area (Å²) in [5.41, 5.74) is 0. The van der Waals surface area contributed by atoms with Gasteiger partial charge in [-0.1, -0.05) is 19.1 Å². The Kier molecular flexibility index (Phi) is 4.33. The van der Waals surface area contributed by atoms with Gasteiger partial charge in [0.25, 0.3) is 0 Å². The molecule has 1 atom stereocenters. The van der Waals surface area contributed by atoms with E-state index >= 15 is 0 Å². The third-order valence-electron chi connectivity index (χ3n) is 1.67. The van der Waals surface area contributed by atoms with E-state index in [0.29, 0.717) is 12.5 Å². The van der Waals surface area contributed by atoms with Crippen LogP contribution in [0.2, 0.25) is 0 Å². The zero-order chi connectivity index (χ0) is 9.52. The van der Waals surface area contributed by atoms with Gasteiger partial charge >= 0.3 is 0 Å². The Bertz CT molecular complexity index is 221. The molecule has 0 saturated heterocycles. The predicted molar refractivity (Wildman–Crippen MR) is 51.8 cm³/mol. The van der Waals surface area contributed by atoms with Crippen LogP contribution in [-0.4, -0.2) is 20.3 Å². The Morgan fingerprint density at radius 3 is 2.62 bits per heavy atom. The first-order valence-electron chi connectivity index (χ1n) is 4.40. The molecule has 0 aliphatic heterocycles. The van der Waals surface area contributed by atoms with E-state index in [9.17, 15) is 0 Å². The fraction of sp³-hybridized carbons (Fsp3) is 0.455. The molecule has 0 aliphatic carbocycles. The van der Waals surface area contributed by atoms with Gasteiger partial charge in [0, 0.05) is 13.0 Å². The van der Waals surface area contributed by atoms with Crippen LogP contribution in [0.1, 0.15) is 6.92 Å². The fourth-order valence-corrected chi connectivity index (χ4v) is 1.04. The summed E-state index contributed by atoms with van der Waals surface area (Å²) in [4.78, 5) is 0. The van der Waals surface area contributed by atoms with Gasteiger partial charge in [-0.15, -0.1) is 0 Å². The monoisotopic (exact) mass is 179 g/mol. The highest BCUT2D eigenvalue weighted by molar-refractivity contribution is 5.20. The molecule has 0 aliphatic rings. The minimum atomic E-state index is 0.425. The molecule has 0 bridgehead atoms. The molecule has 1 aromatic rings. The standard InChI is InChI=1S/C11H15O2/c1-10(8-12-2)9-13-11-6-4-3-5-7-11/h4-7,10H,8-9H2,1-2H3. The Hall–Kier alpha value is -1.02. The molecule has 2 nitrogen and oxygen atoms in total. The van der Waals surface area contributed by atoms with Crippen LogP contribution in [0.3, 0.4) is 0 Å². The summed E-state index contributed by atoms with van der Waals surface area (Å²) in [6, 6.07) is 10.4. The molecule has 1 aromatic carbocycles. The Labute approximate surface area is 79.5 Å². The van der Waals surface area contributed by atoms with Gasteiger partial charge in [-0.05, 0) is 18.2 Å². The van der Waals surface area contributed by atoms with E-state index in [1.165, 1.54) is 0 Å². The summed E-state index contributed by atoms with van der Waals surface area (Å²) < 4.78 is 10.5. The Balaban J connectivity index is 2.27. The maximum atomic E-state index is 5.52. The van der Waals surface area contributed by atoms with Crippen molar-refractivity contribution in [2.75, 3.05) is 20.3 Å². The summed E-state index contributed by atoms with van der Waals surface area (Å²) in [6.45, 7) is 3.52. The van der Waals surface area contributed by atoms with Gasteiger partial charge in [-0.25, -0.2) is 0 Å². The molecule has 0 spiro atoms. The summed E-state index contributed by atoms with van der Waals surface area (Å²) in [5, 5.41) is 0. The lowest BCUT2D eigenvalue weighted by molar-refractivity contribution is 0.127. The van der Waals surface area contributed by atoms with E-state index in [-0.39, 0.29) is 0 Å². The van der Waals surface area contributed by atoms with Crippen molar-refractivity contribution in [1.82, 2.24) is 0 Å². The van der Waals surface area contributed by atoms with Crippen LogP contribution in [0.5, 0.6) is 5.75 Å². The van der Waals surface area contributed by atoms with Gasteiger partial charge in [0.2, 0.25) is 0 Å². The van der Waals surface area contributed by atoms with E-state index in [2.05, 4.69) is 13.0 Å². The van der Waals surface area contributed by atoms with Gasteiger partial charge in [-0.3, -0.25) is 0 Å². The molecule has 0 fully saturated rings. The van der Waals surface area contributed by atoms with Crippen molar-refractivity contribution in [2.24, 2.45) is 5.92 Å². The highest BCUT2D eigenvalue weighted by Gasteiger charge is 2.01. The van der Waals surface area contributed by atoms with Crippen LogP contribution in [0.25, 0.3) is 0 Å². The average molecular weight is 179 g/mol. The summed E-state index contributed by atoms with van der Waals surface area (Å²) in [7, 11) is 1.70. The fourth-order valence-electron chi connectivity index (χ4n) is 1.04.